The summed E-state index contributed by atoms with van der Waals surface area (Å²) in [6, 6.07) is 7.88. The van der Waals surface area contributed by atoms with E-state index in [4.69, 9.17) is 4.74 Å². The Bertz CT molecular complexity index is 966. The van der Waals surface area contributed by atoms with Gasteiger partial charge in [-0.05, 0) is 31.2 Å². The Labute approximate surface area is 162 Å². The third kappa shape index (κ3) is 5.79. The van der Waals surface area contributed by atoms with Gasteiger partial charge < -0.3 is 15.4 Å². The molecule has 2 aromatic carbocycles. The zero-order chi connectivity index (χ0) is 21.6. The second-order valence-corrected chi connectivity index (χ2v) is 5.71. The van der Waals surface area contributed by atoms with Crippen molar-refractivity contribution in [2.45, 2.75) is 13.0 Å². The number of carbonyl (C=O) groups is 3. The van der Waals surface area contributed by atoms with E-state index >= 15 is 0 Å². The maximum atomic E-state index is 13.5. The van der Waals surface area contributed by atoms with Gasteiger partial charge in [-0.25, -0.2) is 4.39 Å². The molecule has 2 N–H and O–H groups in total. The Morgan fingerprint density at radius 3 is 2.48 bits per heavy atom. The quantitative estimate of drug-likeness (QED) is 0.411. The van der Waals surface area contributed by atoms with Crippen LogP contribution in [0.25, 0.3) is 0 Å². The van der Waals surface area contributed by atoms with Crippen molar-refractivity contribution >= 4 is 29.2 Å². The van der Waals surface area contributed by atoms with Crippen LogP contribution in [-0.2, 0) is 14.3 Å². The van der Waals surface area contributed by atoms with Crippen molar-refractivity contribution in [1.29, 1.82) is 0 Å². The molecule has 0 aromatic heterocycles. The van der Waals surface area contributed by atoms with Crippen molar-refractivity contribution in [1.82, 2.24) is 5.32 Å². The standard InChI is InChI=1S/C18H15F2N3O6/c1-10(17(25)22-11-6-7-14(20)15(8-11)23(27)28)29-16(24)9-21-18(26)12-4-2-3-5-13(12)19/h2-8,10H,9H2,1H3,(H,21,26)(H,22,25)/t10-/m1/s1. The van der Waals surface area contributed by atoms with Crippen LogP contribution in [0.2, 0.25) is 0 Å². The number of hydrogen-bond donors (Lipinski definition) is 2. The maximum Gasteiger partial charge on any atom is 0.326 e. The number of nitro benzene ring substituents is 1. The van der Waals surface area contributed by atoms with E-state index in [1.165, 1.54) is 25.1 Å². The summed E-state index contributed by atoms with van der Waals surface area (Å²) >= 11 is 0. The van der Waals surface area contributed by atoms with Crippen molar-refractivity contribution in [3.05, 3.63) is 69.8 Å². The lowest BCUT2D eigenvalue weighted by Crippen LogP contribution is -2.36. The number of nitrogens with one attached hydrogen (secondary N) is 2. The van der Waals surface area contributed by atoms with Crippen LogP contribution in [0.15, 0.2) is 42.5 Å². The number of ether oxygens (including phenoxy) is 1. The van der Waals surface area contributed by atoms with Crippen LogP contribution < -0.4 is 10.6 Å². The molecule has 0 fully saturated rings. The minimum absolute atomic E-state index is 0.0705. The lowest BCUT2D eigenvalue weighted by molar-refractivity contribution is -0.387. The number of esters is 1. The fourth-order valence-electron chi connectivity index (χ4n) is 2.16. The molecule has 152 valence electrons. The van der Waals surface area contributed by atoms with E-state index in [9.17, 15) is 33.3 Å². The van der Waals surface area contributed by atoms with E-state index in [1.807, 2.05) is 0 Å². The van der Waals surface area contributed by atoms with Gasteiger partial charge in [-0.2, -0.15) is 4.39 Å². The molecule has 2 aromatic rings. The summed E-state index contributed by atoms with van der Waals surface area (Å²) in [5.74, 6) is -4.48. The molecule has 2 amide bonds. The van der Waals surface area contributed by atoms with Gasteiger partial charge in [-0.3, -0.25) is 24.5 Å². The average molecular weight is 407 g/mol. The molecule has 0 spiro atoms. The van der Waals surface area contributed by atoms with E-state index in [0.717, 1.165) is 24.3 Å². The number of hydrogen-bond acceptors (Lipinski definition) is 6. The molecule has 0 bridgehead atoms. The molecule has 0 aliphatic rings. The number of benzene rings is 2. The largest absolute Gasteiger partial charge is 0.451 e. The summed E-state index contributed by atoms with van der Waals surface area (Å²) in [4.78, 5) is 45.4. The number of rotatable bonds is 7. The van der Waals surface area contributed by atoms with Gasteiger partial charge in [0.25, 0.3) is 11.8 Å². The maximum absolute atomic E-state index is 13.5. The Balaban J connectivity index is 1.88. The zero-order valence-corrected chi connectivity index (χ0v) is 15.0. The van der Waals surface area contributed by atoms with Gasteiger partial charge in [0, 0.05) is 11.8 Å². The number of halogens is 2. The van der Waals surface area contributed by atoms with E-state index in [-0.39, 0.29) is 11.3 Å². The first kappa shape index (κ1) is 21.4. The molecule has 0 radical (unpaired) electrons. The first-order chi connectivity index (χ1) is 13.7. The van der Waals surface area contributed by atoms with Crippen LogP contribution in [0.3, 0.4) is 0 Å². The van der Waals surface area contributed by atoms with Crippen LogP contribution in [0.4, 0.5) is 20.2 Å². The van der Waals surface area contributed by atoms with Crippen molar-refractivity contribution in [3.63, 3.8) is 0 Å². The number of nitro groups is 1. The van der Waals surface area contributed by atoms with Gasteiger partial charge in [0.1, 0.15) is 12.4 Å². The molecule has 2 rings (SSSR count). The van der Waals surface area contributed by atoms with Gasteiger partial charge in [-0.1, -0.05) is 12.1 Å². The van der Waals surface area contributed by atoms with Crippen LogP contribution in [0, 0.1) is 21.7 Å². The molecule has 0 aliphatic carbocycles. The summed E-state index contributed by atoms with van der Waals surface area (Å²) < 4.78 is 31.6. The molecule has 29 heavy (non-hydrogen) atoms. The number of amides is 2. The van der Waals surface area contributed by atoms with Gasteiger partial charge in [-0.15, -0.1) is 0 Å². The minimum Gasteiger partial charge on any atom is -0.451 e. The van der Waals surface area contributed by atoms with E-state index in [2.05, 4.69) is 10.6 Å². The molecule has 1 atom stereocenters. The fourth-order valence-corrected chi connectivity index (χ4v) is 2.16. The van der Waals surface area contributed by atoms with Crippen molar-refractivity contribution in [2.24, 2.45) is 0 Å². The van der Waals surface area contributed by atoms with Crippen molar-refractivity contribution in [3.8, 4) is 0 Å². The molecular weight excluding hydrogens is 392 g/mol. The second-order valence-electron chi connectivity index (χ2n) is 5.71. The smallest absolute Gasteiger partial charge is 0.326 e. The summed E-state index contributed by atoms with van der Waals surface area (Å²) in [6.45, 7) is 0.608. The third-order valence-corrected chi connectivity index (χ3v) is 3.60. The summed E-state index contributed by atoms with van der Waals surface area (Å²) in [6.07, 6.45) is -1.32. The van der Waals surface area contributed by atoms with E-state index in [0.29, 0.717) is 0 Å². The Morgan fingerprint density at radius 2 is 1.83 bits per heavy atom. The second kappa shape index (κ2) is 9.35. The Morgan fingerprint density at radius 1 is 1.14 bits per heavy atom. The first-order valence-electron chi connectivity index (χ1n) is 8.16. The Hall–Kier alpha value is -3.89. The normalized spacial score (nSPS) is 11.3. The number of carbonyl (C=O) groups excluding carboxylic acids is 3. The highest BCUT2D eigenvalue weighted by Gasteiger charge is 2.21. The molecule has 0 aliphatic heterocycles. The predicted molar refractivity (Wildman–Crippen MR) is 96.0 cm³/mol. The molecule has 9 nitrogen and oxygen atoms in total. The minimum atomic E-state index is -1.32. The number of nitrogens with zero attached hydrogens (tertiary/aromatic N) is 1. The summed E-state index contributed by atoms with van der Waals surface area (Å²) in [7, 11) is 0. The summed E-state index contributed by atoms with van der Waals surface area (Å²) in [5, 5.41) is 15.1. The van der Waals surface area contributed by atoms with Crippen LogP contribution in [-0.4, -0.2) is 35.4 Å². The van der Waals surface area contributed by atoms with Crippen LogP contribution in [0.5, 0.6) is 0 Å². The zero-order valence-electron chi connectivity index (χ0n) is 15.0. The van der Waals surface area contributed by atoms with Crippen molar-refractivity contribution < 1.29 is 32.8 Å². The van der Waals surface area contributed by atoms with Gasteiger partial charge >= 0.3 is 11.7 Å². The molecule has 0 heterocycles. The number of anilines is 1. The topological polar surface area (TPSA) is 128 Å². The van der Waals surface area contributed by atoms with Crippen LogP contribution in [0.1, 0.15) is 17.3 Å². The highest BCUT2D eigenvalue weighted by Crippen LogP contribution is 2.21. The molecule has 0 unspecified atom stereocenters. The van der Waals surface area contributed by atoms with Gasteiger partial charge in [0.2, 0.25) is 5.82 Å². The molecule has 0 saturated heterocycles. The SMILES string of the molecule is C[C@@H](OC(=O)CNC(=O)c1ccccc1F)C(=O)Nc1ccc(F)c([N+](=O)[O-])c1. The molecular formula is C18H15F2N3O6. The Kier molecular flexibility index (Phi) is 6.90. The monoisotopic (exact) mass is 407 g/mol. The van der Waals surface area contributed by atoms with E-state index in [1.54, 1.807) is 0 Å². The molecule has 0 saturated carbocycles. The van der Waals surface area contributed by atoms with Gasteiger partial charge in [0.15, 0.2) is 6.10 Å². The van der Waals surface area contributed by atoms with Gasteiger partial charge in [0.05, 0.1) is 10.5 Å². The predicted octanol–water partition coefficient (Wildman–Crippen LogP) is 2.17. The van der Waals surface area contributed by atoms with E-state index < -0.39 is 52.7 Å². The first-order valence-corrected chi connectivity index (χ1v) is 8.16. The molecule has 11 heteroatoms. The van der Waals surface area contributed by atoms with Crippen LogP contribution >= 0.6 is 0 Å². The summed E-state index contributed by atoms with van der Waals surface area (Å²) in [5.41, 5.74) is -1.16. The third-order valence-electron chi connectivity index (χ3n) is 3.60. The lowest BCUT2D eigenvalue weighted by atomic mass is 10.2. The van der Waals surface area contributed by atoms with Crippen molar-refractivity contribution in [2.75, 3.05) is 11.9 Å². The highest BCUT2D eigenvalue weighted by molar-refractivity contribution is 5.97. The average Bonchev–Trinajstić information content (AvgIpc) is 2.67. The highest BCUT2D eigenvalue weighted by atomic mass is 19.1. The fraction of sp³-hybridized carbons (Fsp3) is 0.167. The lowest BCUT2D eigenvalue weighted by Gasteiger charge is -2.14.